The van der Waals surface area contributed by atoms with Gasteiger partial charge in [0.25, 0.3) is 0 Å². The Bertz CT molecular complexity index is 846. The van der Waals surface area contributed by atoms with E-state index < -0.39 is 0 Å². The largest absolute Gasteiger partial charge is 0.331 e. The van der Waals surface area contributed by atoms with Crippen LogP contribution in [-0.4, -0.2) is 60.4 Å². The van der Waals surface area contributed by atoms with Crippen molar-refractivity contribution in [2.45, 2.75) is 32.7 Å². The highest BCUT2D eigenvalue weighted by molar-refractivity contribution is 7.10. The molecule has 0 unspecified atom stereocenters. The van der Waals surface area contributed by atoms with Crippen molar-refractivity contribution in [2.75, 3.05) is 33.7 Å². The van der Waals surface area contributed by atoms with Crippen molar-refractivity contribution < 1.29 is 9.59 Å². The van der Waals surface area contributed by atoms with E-state index in [0.717, 1.165) is 18.4 Å². The molecule has 5 nitrogen and oxygen atoms in total. The highest BCUT2D eigenvalue weighted by Crippen LogP contribution is 2.38. The number of urea groups is 1. The van der Waals surface area contributed by atoms with Crippen LogP contribution in [0.3, 0.4) is 0 Å². The van der Waals surface area contributed by atoms with Gasteiger partial charge in [0.2, 0.25) is 5.91 Å². The first-order valence-electron chi connectivity index (χ1n) is 9.81. The van der Waals surface area contributed by atoms with Gasteiger partial charge in [-0.25, -0.2) is 4.79 Å². The lowest BCUT2D eigenvalue weighted by Gasteiger charge is -2.38. The van der Waals surface area contributed by atoms with Crippen LogP contribution in [-0.2, 0) is 11.2 Å². The van der Waals surface area contributed by atoms with Crippen LogP contribution < -0.4 is 0 Å². The fraction of sp³-hybridized carbons (Fsp3) is 0.455. The summed E-state index contributed by atoms with van der Waals surface area (Å²) in [5.41, 5.74) is 3.56. The van der Waals surface area contributed by atoms with Gasteiger partial charge in [0, 0.05) is 32.1 Å². The highest BCUT2D eigenvalue weighted by Gasteiger charge is 2.34. The summed E-state index contributed by atoms with van der Waals surface area (Å²) in [5, 5.41) is 2.11. The SMILES string of the molecule is CCCN(CC(=O)N1CCc2sccc2[C@@H]1c1ccccc1C)C(=O)N(C)C. The van der Waals surface area contributed by atoms with Gasteiger partial charge in [-0.05, 0) is 47.9 Å². The first-order valence-corrected chi connectivity index (χ1v) is 10.7. The number of aryl methyl sites for hydroxylation is 1. The average molecular weight is 400 g/mol. The molecule has 28 heavy (non-hydrogen) atoms. The molecule has 3 rings (SSSR count). The van der Waals surface area contributed by atoms with E-state index in [0.29, 0.717) is 13.1 Å². The zero-order chi connectivity index (χ0) is 20.3. The first kappa shape index (κ1) is 20.4. The fourth-order valence-electron chi connectivity index (χ4n) is 3.86. The normalized spacial score (nSPS) is 15.9. The molecular formula is C22H29N3O2S. The number of carbonyl (C=O) groups excluding carboxylic acids is 2. The summed E-state index contributed by atoms with van der Waals surface area (Å²) < 4.78 is 0. The van der Waals surface area contributed by atoms with Crippen LogP contribution in [0.5, 0.6) is 0 Å². The molecule has 6 heteroatoms. The second-order valence-electron chi connectivity index (χ2n) is 7.49. The molecule has 0 aliphatic carbocycles. The smallest absolute Gasteiger partial charge is 0.319 e. The molecule has 1 aliphatic heterocycles. The van der Waals surface area contributed by atoms with Crippen molar-refractivity contribution in [2.24, 2.45) is 0 Å². The van der Waals surface area contributed by atoms with Crippen LogP contribution >= 0.6 is 11.3 Å². The van der Waals surface area contributed by atoms with Crippen LogP contribution in [0.25, 0.3) is 0 Å². The van der Waals surface area contributed by atoms with Crippen molar-refractivity contribution in [1.82, 2.24) is 14.7 Å². The zero-order valence-electron chi connectivity index (χ0n) is 17.1. The van der Waals surface area contributed by atoms with E-state index in [1.165, 1.54) is 20.9 Å². The van der Waals surface area contributed by atoms with Gasteiger partial charge in [-0.15, -0.1) is 11.3 Å². The number of hydrogen-bond acceptors (Lipinski definition) is 3. The van der Waals surface area contributed by atoms with Gasteiger partial charge in [-0.2, -0.15) is 0 Å². The van der Waals surface area contributed by atoms with E-state index in [-0.39, 0.29) is 24.5 Å². The van der Waals surface area contributed by atoms with Gasteiger partial charge in [-0.3, -0.25) is 4.79 Å². The van der Waals surface area contributed by atoms with E-state index in [2.05, 4.69) is 30.5 Å². The Labute approximate surface area is 171 Å². The molecule has 3 amide bonds. The maximum Gasteiger partial charge on any atom is 0.319 e. The molecule has 1 atom stereocenters. The molecule has 0 saturated heterocycles. The third kappa shape index (κ3) is 4.07. The Kier molecular flexibility index (Phi) is 6.39. The van der Waals surface area contributed by atoms with Crippen molar-refractivity contribution in [1.29, 1.82) is 0 Å². The average Bonchev–Trinajstić information content (AvgIpc) is 3.15. The lowest BCUT2D eigenvalue weighted by Crippen LogP contribution is -2.49. The minimum absolute atomic E-state index is 0.00810. The van der Waals surface area contributed by atoms with Crippen LogP contribution in [0, 0.1) is 6.92 Å². The Morgan fingerprint density at radius 2 is 1.93 bits per heavy atom. The number of hydrogen-bond donors (Lipinski definition) is 0. The number of nitrogens with zero attached hydrogens (tertiary/aromatic N) is 3. The molecule has 2 heterocycles. The monoisotopic (exact) mass is 399 g/mol. The second-order valence-corrected chi connectivity index (χ2v) is 8.49. The maximum atomic E-state index is 13.4. The third-order valence-corrected chi connectivity index (χ3v) is 6.24. The molecule has 0 spiro atoms. The van der Waals surface area contributed by atoms with Crippen molar-refractivity contribution in [3.8, 4) is 0 Å². The summed E-state index contributed by atoms with van der Waals surface area (Å²) in [5.74, 6) is 0.00810. The Morgan fingerprint density at radius 3 is 2.61 bits per heavy atom. The van der Waals surface area contributed by atoms with E-state index in [9.17, 15) is 9.59 Å². The number of amides is 3. The lowest BCUT2D eigenvalue weighted by molar-refractivity contribution is -0.134. The van der Waals surface area contributed by atoms with Crippen molar-refractivity contribution in [3.63, 3.8) is 0 Å². The van der Waals surface area contributed by atoms with Gasteiger partial charge in [0.1, 0.15) is 6.54 Å². The number of carbonyl (C=O) groups is 2. The zero-order valence-corrected chi connectivity index (χ0v) is 18.0. The number of benzene rings is 1. The fourth-order valence-corrected chi connectivity index (χ4v) is 4.77. The molecule has 2 aromatic rings. The van der Waals surface area contributed by atoms with Crippen molar-refractivity contribution >= 4 is 23.3 Å². The lowest BCUT2D eigenvalue weighted by atomic mass is 9.90. The molecular weight excluding hydrogens is 370 g/mol. The molecule has 0 bridgehead atoms. The van der Waals surface area contributed by atoms with Crippen LogP contribution in [0.2, 0.25) is 0 Å². The van der Waals surface area contributed by atoms with Gasteiger partial charge >= 0.3 is 6.03 Å². The van der Waals surface area contributed by atoms with Crippen LogP contribution in [0.15, 0.2) is 35.7 Å². The summed E-state index contributed by atoms with van der Waals surface area (Å²) in [4.78, 5) is 32.4. The van der Waals surface area contributed by atoms with E-state index in [1.807, 2.05) is 24.0 Å². The van der Waals surface area contributed by atoms with E-state index in [1.54, 1.807) is 30.3 Å². The Hall–Kier alpha value is -2.34. The minimum atomic E-state index is -0.115. The summed E-state index contributed by atoms with van der Waals surface area (Å²) in [7, 11) is 3.45. The Morgan fingerprint density at radius 1 is 1.18 bits per heavy atom. The molecule has 1 aliphatic rings. The second kappa shape index (κ2) is 8.78. The number of rotatable bonds is 5. The molecule has 1 aromatic carbocycles. The molecule has 150 valence electrons. The number of thiophene rings is 1. The molecule has 1 aromatic heterocycles. The minimum Gasteiger partial charge on any atom is -0.331 e. The maximum absolute atomic E-state index is 13.4. The molecule has 0 N–H and O–H groups in total. The van der Waals surface area contributed by atoms with E-state index >= 15 is 0 Å². The van der Waals surface area contributed by atoms with Gasteiger partial charge in [0.15, 0.2) is 0 Å². The van der Waals surface area contributed by atoms with Gasteiger partial charge in [-0.1, -0.05) is 31.2 Å². The Balaban J connectivity index is 1.92. The summed E-state index contributed by atoms with van der Waals surface area (Å²) in [6.07, 6.45) is 1.69. The molecule has 0 fully saturated rings. The van der Waals surface area contributed by atoms with E-state index in [4.69, 9.17) is 0 Å². The third-order valence-electron chi connectivity index (χ3n) is 5.24. The highest BCUT2D eigenvalue weighted by atomic mass is 32.1. The summed E-state index contributed by atoms with van der Waals surface area (Å²) in [6, 6.07) is 10.2. The predicted molar refractivity (Wildman–Crippen MR) is 114 cm³/mol. The standard InChI is InChI=1S/C22H29N3O2S/c1-5-12-24(22(27)23(3)4)15-20(26)25-13-10-19-18(11-14-28-19)21(25)17-9-7-6-8-16(17)2/h6-9,11,14,21H,5,10,12-13,15H2,1-4H3/t21-/m0/s1. The van der Waals surface area contributed by atoms with Crippen LogP contribution in [0.1, 0.15) is 41.0 Å². The number of fused-ring (bicyclic) bond motifs is 1. The molecule has 0 radical (unpaired) electrons. The predicted octanol–water partition coefficient (Wildman–Crippen LogP) is 3.92. The summed E-state index contributed by atoms with van der Waals surface area (Å²) in [6.45, 7) is 5.50. The van der Waals surface area contributed by atoms with Crippen LogP contribution in [0.4, 0.5) is 4.79 Å². The molecule has 0 saturated carbocycles. The topological polar surface area (TPSA) is 43.9 Å². The summed E-state index contributed by atoms with van der Waals surface area (Å²) >= 11 is 1.77. The van der Waals surface area contributed by atoms with Gasteiger partial charge in [0.05, 0.1) is 6.04 Å². The first-order chi connectivity index (χ1) is 13.4. The quantitative estimate of drug-likeness (QED) is 0.765. The van der Waals surface area contributed by atoms with Gasteiger partial charge < -0.3 is 14.7 Å². The van der Waals surface area contributed by atoms with Crippen molar-refractivity contribution in [3.05, 3.63) is 57.3 Å².